The number of carbonyl (C=O) groups excluding carboxylic acids is 2. The van der Waals surface area contributed by atoms with Gasteiger partial charge >= 0.3 is 5.97 Å². The van der Waals surface area contributed by atoms with Gasteiger partial charge < -0.3 is 25.3 Å². The second-order valence-corrected chi connectivity index (χ2v) is 4.17. The lowest BCUT2D eigenvalue weighted by molar-refractivity contribution is -0.149. The number of esters is 1. The largest absolute Gasteiger partial charge is 0.493 e. The minimum Gasteiger partial charge on any atom is -0.493 e. The quantitative estimate of drug-likeness (QED) is 0.387. The fourth-order valence-electron chi connectivity index (χ4n) is 1.42. The Balaban J connectivity index is 2.12. The standard InChI is InChI=1S/C14H20N2O5/c1-19-8-6-16-13(17)10-21-14(18)5-7-20-12-4-2-3-11(15)9-12/h2-4,9H,5-8,10,15H2,1H3,(H,16,17). The van der Waals surface area contributed by atoms with Crippen LogP contribution in [0.3, 0.4) is 0 Å². The molecule has 3 N–H and O–H groups in total. The first-order valence-corrected chi connectivity index (χ1v) is 6.51. The van der Waals surface area contributed by atoms with Gasteiger partial charge in [-0.2, -0.15) is 0 Å². The van der Waals surface area contributed by atoms with Crippen molar-refractivity contribution >= 4 is 17.6 Å². The van der Waals surface area contributed by atoms with Crippen LogP contribution in [0.1, 0.15) is 6.42 Å². The van der Waals surface area contributed by atoms with Crippen molar-refractivity contribution in [3.8, 4) is 5.75 Å². The molecule has 0 aromatic heterocycles. The number of anilines is 1. The van der Waals surface area contributed by atoms with Gasteiger partial charge in [0.2, 0.25) is 0 Å². The molecule has 0 unspecified atom stereocenters. The monoisotopic (exact) mass is 296 g/mol. The van der Waals surface area contributed by atoms with E-state index in [9.17, 15) is 9.59 Å². The lowest BCUT2D eigenvalue weighted by Crippen LogP contribution is -2.31. The number of ether oxygens (including phenoxy) is 3. The lowest BCUT2D eigenvalue weighted by Gasteiger charge is -2.08. The SMILES string of the molecule is COCCNC(=O)COC(=O)CCOc1cccc(N)c1. The van der Waals surface area contributed by atoms with E-state index < -0.39 is 5.97 Å². The molecule has 0 heterocycles. The van der Waals surface area contributed by atoms with Crippen LogP contribution in [0.2, 0.25) is 0 Å². The molecule has 116 valence electrons. The molecule has 1 aromatic carbocycles. The molecule has 0 atom stereocenters. The average molecular weight is 296 g/mol. The summed E-state index contributed by atoms with van der Waals surface area (Å²) in [7, 11) is 1.53. The van der Waals surface area contributed by atoms with E-state index in [4.69, 9.17) is 19.9 Å². The maximum Gasteiger partial charge on any atom is 0.309 e. The van der Waals surface area contributed by atoms with Crippen LogP contribution in [0.25, 0.3) is 0 Å². The summed E-state index contributed by atoms with van der Waals surface area (Å²) in [5.74, 6) is -0.280. The number of hydrogen-bond acceptors (Lipinski definition) is 6. The summed E-state index contributed by atoms with van der Waals surface area (Å²) in [5, 5.41) is 2.54. The van der Waals surface area contributed by atoms with Crippen LogP contribution in [0.15, 0.2) is 24.3 Å². The van der Waals surface area contributed by atoms with E-state index in [-0.39, 0.29) is 25.5 Å². The molecule has 0 aliphatic rings. The van der Waals surface area contributed by atoms with Crippen LogP contribution in [-0.2, 0) is 19.1 Å². The third kappa shape index (κ3) is 7.78. The molecule has 0 radical (unpaired) electrons. The number of benzene rings is 1. The maximum atomic E-state index is 11.4. The number of rotatable bonds is 9. The highest BCUT2D eigenvalue weighted by Gasteiger charge is 2.07. The summed E-state index contributed by atoms with van der Waals surface area (Å²) in [6, 6.07) is 6.90. The fraction of sp³-hybridized carbons (Fsp3) is 0.429. The summed E-state index contributed by atoms with van der Waals surface area (Å²) >= 11 is 0. The minimum atomic E-state index is -0.499. The van der Waals surface area contributed by atoms with E-state index in [2.05, 4.69) is 5.32 Å². The number of hydrogen-bond donors (Lipinski definition) is 2. The molecule has 7 nitrogen and oxygen atoms in total. The summed E-state index contributed by atoms with van der Waals surface area (Å²) in [6.45, 7) is 0.646. The normalized spacial score (nSPS) is 9.95. The summed E-state index contributed by atoms with van der Waals surface area (Å²) in [5.41, 5.74) is 6.18. The Hall–Kier alpha value is -2.28. The van der Waals surface area contributed by atoms with Crippen molar-refractivity contribution in [2.24, 2.45) is 0 Å². The molecule has 0 saturated carbocycles. The van der Waals surface area contributed by atoms with Crippen molar-refractivity contribution in [3.05, 3.63) is 24.3 Å². The van der Waals surface area contributed by atoms with Gasteiger partial charge in [0.25, 0.3) is 5.91 Å². The van der Waals surface area contributed by atoms with Gasteiger partial charge in [-0.3, -0.25) is 9.59 Å². The van der Waals surface area contributed by atoms with Crippen molar-refractivity contribution in [1.82, 2.24) is 5.32 Å². The molecule has 1 aromatic rings. The van der Waals surface area contributed by atoms with E-state index >= 15 is 0 Å². The zero-order valence-electron chi connectivity index (χ0n) is 12.0. The number of methoxy groups -OCH3 is 1. The summed E-state index contributed by atoms with van der Waals surface area (Å²) < 4.78 is 14.9. The van der Waals surface area contributed by atoms with Gasteiger partial charge in [0.05, 0.1) is 19.6 Å². The third-order valence-corrected chi connectivity index (χ3v) is 2.43. The molecule has 0 spiro atoms. The van der Waals surface area contributed by atoms with E-state index in [1.807, 2.05) is 0 Å². The first kappa shape index (κ1) is 16.8. The second-order valence-electron chi connectivity index (χ2n) is 4.17. The van der Waals surface area contributed by atoms with Crippen molar-refractivity contribution in [3.63, 3.8) is 0 Å². The van der Waals surface area contributed by atoms with Crippen molar-refractivity contribution in [1.29, 1.82) is 0 Å². The number of nitrogens with two attached hydrogens (primary N) is 1. The maximum absolute atomic E-state index is 11.4. The van der Waals surface area contributed by atoms with Crippen LogP contribution in [0.4, 0.5) is 5.69 Å². The Morgan fingerprint density at radius 3 is 2.81 bits per heavy atom. The summed E-state index contributed by atoms with van der Waals surface area (Å²) in [6.07, 6.45) is 0.0557. The smallest absolute Gasteiger partial charge is 0.309 e. The van der Waals surface area contributed by atoms with Crippen molar-refractivity contribution in [2.75, 3.05) is 39.2 Å². The highest BCUT2D eigenvalue weighted by Crippen LogP contribution is 2.14. The Morgan fingerprint density at radius 1 is 1.29 bits per heavy atom. The van der Waals surface area contributed by atoms with Gasteiger partial charge in [0.15, 0.2) is 6.61 Å². The van der Waals surface area contributed by atoms with Gasteiger partial charge in [0, 0.05) is 25.4 Å². The molecule has 1 amide bonds. The lowest BCUT2D eigenvalue weighted by atomic mass is 10.3. The van der Waals surface area contributed by atoms with Crippen LogP contribution >= 0.6 is 0 Å². The topological polar surface area (TPSA) is 99.9 Å². The fourth-order valence-corrected chi connectivity index (χ4v) is 1.42. The molecule has 0 aliphatic carbocycles. The van der Waals surface area contributed by atoms with Crippen LogP contribution in [0.5, 0.6) is 5.75 Å². The number of nitrogen functional groups attached to an aromatic ring is 1. The van der Waals surface area contributed by atoms with Crippen LogP contribution < -0.4 is 15.8 Å². The highest BCUT2D eigenvalue weighted by molar-refractivity contribution is 5.80. The molecule has 0 bridgehead atoms. The Kier molecular flexibility index (Phi) is 7.67. The molecule has 1 rings (SSSR count). The van der Waals surface area contributed by atoms with Crippen LogP contribution in [-0.4, -0.2) is 45.4 Å². The van der Waals surface area contributed by atoms with Crippen molar-refractivity contribution in [2.45, 2.75) is 6.42 Å². The zero-order chi connectivity index (χ0) is 15.5. The Labute approximate surface area is 123 Å². The zero-order valence-corrected chi connectivity index (χ0v) is 12.0. The molecular formula is C14H20N2O5. The van der Waals surface area contributed by atoms with Gasteiger partial charge in [-0.15, -0.1) is 0 Å². The second kappa shape index (κ2) is 9.60. The van der Waals surface area contributed by atoms with E-state index in [0.717, 1.165) is 0 Å². The van der Waals surface area contributed by atoms with E-state index in [1.165, 1.54) is 7.11 Å². The highest BCUT2D eigenvalue weighted by atomic mass is 16.5. The van der Waals surface area contributed by atoms with Gasteiger partial charge in [0.1, 0.15) is 5.75 Å². The van der Waals surface area contributed by atoms with Crippen LogP contribution in [0, 0.1) is 0 Å². The number of carbonyl (C=O) groups is 2. The molecule has 7 heteroatoms. The minimum absolute atomic E-state index is 0.0557. The van der Waals surface area contributed by atoms with E-state index in [0.29, 0.717) is 24.6 Å². The van der Waals surface area contributed by atoms with Gasteiger partial charge in [-0.05, 0) is 12.1 Å². The Bertz CT molecular complexity index is 464. The molecule has 0 fully saturated rings. The summed E-state index contributed by atoms with van der Waals surface area (Å²) in [4.78, 5) is 22.7. The molecule has 0 saturated heterocycles. The first-order valence-electron chi connectivity index (χ1n) is 6.51. The molecule has 0 aliphatic heterocycles. The predicted molar refractivity (Wildman–Crippen MR) is 76.8 cm³/mol. The van der Waals surface area contributed by atoms with Gasteiger partial charge in [-0.1, -0.05) is 6.07 Å². The first-order chi connectivity index (χ1) is 10.1. The molecule has 21 heavy (non-hydrogen) atoms. The predicted octanol–water partition coefficient (Wildman–Crippen LogP) is 0.344. The van der Waals surface area contributed by atoms with Crippen molar-refractivity contribution < 1.29 is 23.8 Å². The Morgan fingerprint density at radius 2 is 2.10 bits per heavy atom. The molecular weight excluding hydrogens is 276 g/mol. The third-order valence-electron chi connectivity index (χ3n) is 2.43. The number of amides is 1. The number of nitrogens with one attached hydrogen (secondary N) is 1. The average Bonchev–Trinajstić information content (AvgIpc) is 2.45. The van der Waals surface area contributed by atoms with Gasteiger partial charge in [-0.25, -0.2) is 0 Å². The van der Waals surface area contributed by atoms with E-state index in [1.54, 1.807) is 24.3 Å².